The minimum atomic E-state index is -2.92. The van der Waals surface area contributed by atoms with Crippen molar-refractivity contribution in [3.63, 3.8) is 0 Å². The summed E-state index contributed by atoms with van der Waals surface area (Å²) in [4.78, 5) is 44.1. The number of aromatic amines is 2. The highest BCUT2D eigenvalue weighted by Gasteiger charge is 2.28. The first-order chi connectivity index (χ1) is 16.1. The molecule has 0 aliphatic heterocycles. The molecule has 0 bridgehead atoms. The number of fused-ring (bicyclic) bond motifs is 1. The summed E-state index contributed by atoms with van der Waals surface area (Å²) in [5, 5.41) is 0. The first-order valence-corrected chi connectivity index (χ1v) is 11.0. The maximum atomic E-state index is 12.8. The number of imidazole rings is 1. The molecule has 10 heteroatoms. The molecule has 1 aliphatic rings. The van der Waals surface area contributed by atoms with Crippen LogP contribution in [0.15, 0.2) is 33.9 Å². The van der Waals surface area contributed by atoms with E-state index in [2.05, 4.69) is 31.5 Å². The van der Waals surface area contributed by atoms with Crippen molar-refractivity contribution in [2.45, 2.75) is 65.8 Å². The van der Waals surface area contributed by atoms with Crippen LogP contribution in [0.2, 0.25) is 0 Å². The van der Waals surface area contributed by atoms with Crippen LogP contribution in [-0.4, -0.2) is 25.5 Å². The summed E-state index contributed by atoms with van der Waals surface area (Å²) in [7, 11) is 0. The maximum absolute atomic E-state index is 12.8. The van der Waals surface area contributed by atoms with Crippen molar-refractivity contribution in [2.75, 3.05) is 0 Å². The number of hydrogen-bond donors (Lipinski definition) is 2. The number of carbonyl (C=O) groups excluding carboxylic acids is 1. The molecule has 2 N–H and O–H groups in total. The van der Waals surface area contributed by atoms with Gasteiger partial charge in [-0.3, -0.25) is 19.1 Å². The van der Waals surface area contributed by atoms with E-state index in [9.17, 15) is 23.2 Å². The first kappa shape index (κ1) is 26.5. The second-order valence-electron chi connectivity index (χ2n) is 7.31. The molecule has 8 nitrogen and oxygen atoms in total. The highest BCUT2D eigenvalue weighted by Crippen LogP contribution is 2.32. The van der Waals surface area contributed by atoms with Gasteiger partial charge in [0, 0.05) is 31.9 Å². The van der Waals surface area contributed by atoms with Gasteiger partial charge in [-0.25, -0.2) is 18.6 Å². The normalized spacial score (nSPS) is 12.4. The highest BCUT2D eigenvalue weighted by atomic mass is 19.3. The fraction of sp³-hybridized carbons (Fsp3) is 0.417. The molecule has 34 heavy (non-hydrogen) atoms. The third-order valence-corrected chi connectivity index (χ3v) is 4.48. The zero-order valence-electron chi connectivity index (χ0n) is 19.8. The van der Waals surface area contributed by atoms with E-state index in [-0.39, 0.29) is 28.6 Å². The van der Waals surface area contributed by atoms with E-state index in [0.717, 1.165) is 25.8 Å². The molecule has 3 aromatic rings. The van der Waals surface area contributed by atoms with E-state index < -0.39 is 17.6 Å². The SMILES string of the molecule is CC.CC(=O)Oc1cccc(C(C)(F)F)c1.CCC#Cc1nc2[nH]c(=O)n(C3CC3)c(=O)c2[nH]1. The molecule has 0 amide bonds. The second kappa shape index (κ2) is 11.4. The standard InChI is InChI=1S/C12H12N4O2.C10H10F2O2.C2H6/c1-2-3-4-8-13-9-10(14-8)15-12(18)16(11(9)17)7-5-6-7;1-7(13)14-9-5-3-4-8(6-9)10(2,11)12;1-2/h7H,2,5-6H2,1H3,(H,13,14)(H,15,18);3-6H,1-2H3;1-2H3. The van der Waals surface area contributed by atoms with E-state index in [0.29, 0.717) is 17.8 Å². The number of hydrogen-bond acceptors (Lipinski definition) is 5. The van der Waals surface area contributed by atoms with Gasteiger partial charge in [0.1, 0.15) is 5.75 Å². The van der Waals surface area contributed by atoms with Gasteiger partial charge in [-0.2, -0.15) is 0 Å². The van der Waals surface area contributed by atoms with Crippen LogP contribution in [0.3, 0.4) is 0 Å². The van der Waals surface area contributed by atoms with E-state index in [1.807, 2.05) is 20.8 Å². The van der Waals surface area contributed by atoms with Crippen molar-refractivity contribution in [1.82, 2.24) is 19.5 Å². The van der Waals surface area contributed by atoms with E-state index in [4.69, 9.17) is 0 Å². The van der Waals surface area contributed by atoms with Gasteiger partial charge >= 0.3 is 11.7 Å². The molecule has 0 spiro atoms. The second-order valence-corrected chi connectivity index (χ2v) is 7.31. The summed E-state index contributed by atoms with van der Waals surface area (Å²) < 4.78 is 31.6. The summed E-state index contributed by atoms with van der Waals surface area (Å²) >= 11 is 0. The number of rotatable bonds is 3. The lowest BCUT2D eigenvalue weighted by atomic mass is 10.1. The van der Waals surface area contributed by atoms with Crippen molar-refractivity contribution >= 4 is 17.1 Å². The lowest BCUT2D eigenvalue weighted by Gasteiger charge is -2.11. The monoisotopic (exact) mass is 474 g/mol. The lowest BCUT2D eigenvalue weighted by Crippen LogP contribution is -2.34. The van der Waals surface area contributed by atoms with Crippen molar-refractivity contribution < 1.29 is 18.3 Å². The zero-order chi connectivity index (χ0) is 25.5. The third kappa shape index (κ3) is 6.88. The largest absolute Gasteiger partial charge is 0.427 e. The number of aromatic nitrogens is 4. The molecule has 0 saturated heterocycles. The number of esters is 1. The molecular formula is C24H28F2N4O4. The van der Waals surface area contributed by atoms with Crippen molar-refractivity contribution in [1.29, 1.82) is 0 Å². The van der Waals surface area contributed by atoms with E-state index in [1.165, 1.54) is 29.7 Å². The molecule has 0 unspecified atom stereocenters. The van der Waals surface area contributed by atoms with Crippen LogP contribution in [0.4, 0.5) is 8.78 Å². The van der Waals surface area contributed by atoms with Crippen LogP contribution >= 0.6 is 0 Å². The Bertz CT molecular complexity index is 1320. The molecule has 1 aliphatic carbocycles. The first-order valence-electron chi connectivity index (χ1n) is 11.0. The number of benzene rings is 1. The van der Waals surface area contributed by atoms with Crippen molar-refractivity contribution in [2.24, 2.45) is 0 Å². The van der Waals surface area contributed by atoms with Gasteiger partial charge in [-0.15, -0.1) is 0 Å². The van der Waals surface area contributed by atoms with E-state index in [1.54, 1.807) is 0 Å². The van der Waals surface area contributed by atoms with Crippen LogP contribution in [0, 0.1) is 11.8 Å². The van der Waals surface area contributed by atoms with Gasteiger partial charge in [-0.05, 0) is 30.9 Å². The number of carbonyl (C=O) groups is 1. The molecule has 2 heterocycles. The maximum Gasteiger partial charge on any atom is 0.330 e. The molecular weight excluding hydrogens is 446 g/mol. The Labute approximate surface area is 195 Å². The van der Waals surface area contributed by atoms with Crippen LogP contribution in [0.5, 0.6) is 5.75 Å². The molecule has 4 rings (SSSR count). The molecule has 0 atom stereocenters. The summed E-state index contributed by atoms with van der Waals surface area (Å²) in [6.07, 6.45) is 2.47. The molecule has 1 saturated carbocycles. The number of nitrogens with one attached hydrogen (secondary N) is 2. The van der Waals surface area contributed by atoms with E-state index >= 15 is 0 Å². The molecule has 0 radical (unpaired) electrons. The number of ether oxygens (including phenoxy) is 1. The summed E-state index contributed by atoms with van der Waals surface area (Å²) in [6.45, 7) is 7.94. The predicted octanol–water partition coefficient (Wildman–Crippen LogP) is 4.26. The Kier molecular flexibility index (Phi) is 8.90. The van der Waals surface area contributed by atoms with Crippen LogP contribution < -0.4 is 16.0 Å². The summed E-state index contributed by atoms with van der Waals surface area (Å²) in [5.74, 6) is 2.77. The molecule has 1 aromatic carbocycles. The van der Waals surface area contributed by atoms with Gasteiger partial charge in [-0.1, -0.05) is 38.8 Å². The number of H-pyrrole nitrogens is 2. The Hall–Kier alpha value is -3.74. The Morgan fingerprint density at radius 2 is 1.94 bits per heavy atom. The highest BCUT2D eigenvalue weighted by molar-refractivity contribution is 5.70. The summed E-state index contributed by atoms with van der Waals surface area (Å²) in [5.41, 5.74) is -0.273. The fourth-order valence-corrected chi connectivity index (χ4v) is 2.89. The van der Waals surface area contributed by atoms with Gasteiger partial charge in [0.2, 0.25) is 0 Å². The van der Waals surface area contributed by atoms with Gasteiger partial charge in [0.15, 0.2) is 17.0 Å². The van der Waals surface area contributed by atoms with Crippen LogP contribution in [-0.2, 0) is 10.7 Å². The molecule has 2 aromatic heterocycles. The molecule has 1 fully saturated rings. The van der Waals surface area contributed by atoms with Crippen LogP contribution in [0.1, 0.15) is 71.3 Å². The lowest BCUT2D eigenvalue weighted by molar-refractivity contribution is -0.131. The Morgan fingerprint density at radius 1 is 1.26 bits per heavy atom. The minimum absolute atomic E-state index is 0.0409. The third-order valence-electron chi connectivity index (χ3n) is 4.48. The van der Waals surface area contributed by atoms with Gasteiger partial charge < -0.3 is 9.72 Å². The number of nitrogens with zero attached hydrogens (tertiary/aromatic N) is 2. The zero-order valence-corrected chi connectivity index (χ0v) is 19.8. The van der Waals surface area contributed by atoms with Gasteiger partial charge in [0.25, 0.3) is 11.5 Å². The number of halogens is 2. The molecule has 182 valence electrons. The van der Waals surface area contributed by atoms with Crippen molar-refractivity contribution in [3.05, 3.63) is 56.5 Å². The van der Waals surface area contributed by atoms with Crippen molar-refractivity contribution in [3.8, 4) is 17.6 Å². The predicted molar refractivity (Wildman–Crippen MR) is 125 cm³/mol. The Balaban J connectivity index is 0.000000231. The fourth-order valence-electron chi connectivity index (χ4n) is 2.89. The quantitative estimate of drug-likeness (QED) is 0.335. The smallest absolute Gasteiger partial charge is 0.330 e. The van der Waals surface area contributed by atoms with Gasteiger partial charge in [0.05, 0.1) is 0 Å². The Morgan fingerprint density at radius 3 is 2.50 bits per heavy atom. The summed E-state index contributed by atoms with van der Waals surface area (Å²) in [6, 6.07) is 5.36. The van der Waals surface area contributed by atoms with Crippen LogP contribution in [0.25, 0.3) is 11.2 Å². The topological polar surface area (TPSA) is 110 Å². The average molecular weight is 475 g/mol. The number of alkyl halides is 2. The average Bonchev–Trinajstić information content (AvgIpc) is 3.52. The minimum Gasteiger partial charge on any atom is -0.427 e.